The summed E-state index contributed by atoms with van der Waals surface area (Å²) >= 11 is 0. The number of aliphatic hydroxyl groups is 1. The number of hydrogen-bond donors (Lipinski definition) is 3. The van der Waals surface area contributed by atoms with Crippen LogP contribution in [0, 0.1) is 0 Å². The Hall–Kier alpha value is -3.79. The smallest absolute Gasteiger partial charge is 0.418 e. The van der Waals surface area contributed by atoms with Crippen LogP contribution in [0.25, 0.3) is 0 Å². The molecule has 1 aliphatic rings. The van der Waals surface area contributed by atoms with E-state index < -0.39 is 41.8 Å². The molecule has 2 aromatic carbocycles. The van der Waals surface area contributed by atoms with Gasteiger partial charge in [-0.25, -0.2) is 0 Å². The average molecular weight is 558 g/mol. The van der Waals surface area contributed by atoms with Gasteiger partial charge in [0.2, 0.25) is 0 Å². The second-order valence-corrected chi connectivity index (χ2v) is 10.5. The first-order valence-electron chi connectivity index (χ1n) is 13.4. The predicted octanol–water partition coefficient (Wildman–Crippen LogP) is 5.71. The van der Waals surface area contributed by atoms with Crippen LogP contribution < -0.4 is 10.2 Å². The monoisotopic (exact) mass is 557 g/mol. The molecule has 1 aliphatic heterocycles. The Morgan fingerprint density at radius 1 is 1.07 bits per heavy atom. The second kappa shape index (κ2) is 12.2. The molecule has 0 unspecified atom stereocenters. The van der Waals surface area contributed by atoms with Gasteiger partial charge in [0.15, 0.2) is 0 Å². The van der Waals surface area contributed by atoms with E-state index in [9.17, 15) is 33.0 Å². The summed E-state index contributed by atoms with van der Waals surface area (Å²) in [6.45, 7) is 4.21. The molecule has 0 bridgehead atoms. The predicted molar refractivity (Wildman–Crippen MR) is 147 cm³/mol. The van der Waals surface area contributed by atoms with Crippen molar-refractivity contribution in [3.8, 4) is 0 Å². The van der Waals surface area contributed by atoms with Gasteiger partial charge in [-0.05, 0) is 74.9 Å². The number of nitrogens with one attached hydrogen (secondary N) is 1. The quantitative estimate of drug-likeness (QED) is 0.297. The number of rotatable bonds is 10. The fourth-order valence-corrected chi connectivity index (χ4v) is 5.32. The lowest BCUT2D eigenvalue weighted by atomic mass is 10.0. The maximum Gasteiger partial charge on any atom is 0.418 e. The summed E-state index contributed by atoms with van der Waals surface area (Å²) in [7, 11) is 0. The third-order valence-corrected chi connectivity index (χ3v) is 7.11. The highest BCUT2D eigenvalue weighted by Gasteiger charge is 2.37. The molecule has 3 aromatic rings. The van der Waals surface area contributed by atoms with Crippen LogP contribution in [0.4, 0.5) is 24.5 Å². The number of benzene rings is 2. The number of halogens is 3. The highest BCUT2D eigenvalue weighted by Crippen LogP contribution is 2.40. The molecule has 0 saturated carbocycles. The standard InChI is InChI=1S/C30H34F3N3O4/c1-19(2)36-22(10-6-9-20-7-4-3-5-8-20)11-12-26(36)29(40)34-25-15-21(16-28(38)39)27(17-24(25)30(31,32)33)35-14-13-23(37)18-35/h3-5,7-8,11-12,15,17,19,23,37H,6,9-10,13-14,16,18H2,1-2H3,(H,34,40)(H,38,39)/t23-/m0/s1. The molecule has 7 nitrogen and oxygen atoms in total. The Labute approximate surface area is 231 Å². The number of carbonyl (C=O) groups excluding carboxylic acids is 1. The number of carbonyl (C=O) groups is 2. The number of carboxylic acid groups (broad SMARTS) is 1. The van der Waals surface area contributed by atoms with E-state index in [0.717, 1.165) is 30.7 Å². The van der Waals surface area contributed by atoms with Gasteiger partial charge in [0.1, 0.15) is 5.69 Å². The van der Waals surface area contributed by atoms with Crippen molar-refractivity contribution in [1.29, 1.82) is 0 Å². The fraction of sp³-hybridized carbons (Fsp3) is 0.400. The molecular weight excluding hydrogens is 523 g/mol. The van der Waals surface area contributed by atoms with E-state index in [1.807, 2.05) is 54.8 Å². The Kier molecular flexibility index (Phi) is 8.88. The number of nitrogens with zero attached hydrogens (tertiary/aromatic N) is 2. The van der Waals surface area contributed by atoms with Crippen molar-refractivity contribution >= 4 is 23.3 Å². The largest absolute Gasteiger partial charge is 0.481 e. The van der Waals surface area contributed by atoms with Crippen molar-refractivity contribution in [2.45, 2.75) is 64.3 Å². The lowest BCUT2D eigenvalue weighted by molar-refractivity contribution is -0.137. The molecular formula is C30H34F3N3O4. The number of anilines is 2. The Morgan fingerprint density at radius 2 is 1.80 bits per heavy atom. The number of alkyl halides is 3. The number of carboxylic acids is 1. The number of β-amino-alcohol motifs (C(OH)–C–C–N with tert-alkyl or cyclic N) is 1. The van der Waals surface area contributed by atoms with Crippen LogP contribution in [0.2, 0.25) is 0 Å². The Morgan fingerprint density at radius 3 is 2.40 bits per heavy atom. The van der Waals surface area contributed by atoms with Gasteiger partial charge in [0, 0.05) is 30.5 Å². The summed E-state index contributed by atoms with van der Waals surface area (Å²) in [5, 5.41) is 21.8. The molecule has 0 radical (unpaired) electrons. The van der Waals surface area contributed by atoms with Crippen LogP contribution in [-0.2, 0) is 30.2 Å². The first kappa shape index (κ1) is 29.2. The molecule has 1 amide bonds. The molecule has 2 heterocycles. The van der Waals surface area contributed by atoms with Gasteiger partial charge in [-0.2, -0.15) is 13.2 Å². The maximum absolute atomic E-state index is 14.2. The van der Waals surface area contributed by atoms with Crippen molar-refractivity contribution in [3.05, 3.63) is 82.7 Å². The number of aliphatic hydroxyl groups excluding tert-OH is 1. The molecule has 214 valence electrons. The zero-order chi connectivity index (χ0) is 29.0. The van der Waals surface area contributed by atoms with Crippen LogP contribution in [0.5, 0.6) is 0 Å². The molecule has 1 saturated heterocycles. The highest BCUT2D eigenvalue weighted by atomic mass is 19.4. The van der Waals surface area contributed by atoms with Crippen molar-refractivity contribution in [1.82, 2.24) is 4.57 Å². The van der Waals surface area contributed by atoms with Crippen molar-refractivity contribution < 1.29 is 33.0 Å². The second-order valence-electron chi connectivity index (χ2n) is 10.5. The van der Waals surface area contributed by atoms with Crippen LogP contribution in [0.3, 0.4) is 0 Å². The molecule has 10 heteroatoms. The van der Waals surface area contributed by atoms with E-state index in [2.05, 4.69) is 5.32 Å². The number of aliphatic carboxylic acids is 1. The minimum Gasteiger partial charge on any atom is -0.481 e. The summed E-state index contributed by atoms with van der Waals surface area (Å²) < 4.78 is 44.4. The van der Waals surface area contributed by atoms with Gasteiger partial charge in [0.05, 0.1) is 23.8 Å². The molecule has 0 spiro atoms. The molecule has 0 aliphatic carbocycles. The normalized spacial score (nSPS) is 15.6. The molecule has 3 N–H and O–H groups in total. The van der Waals surface area contributed by atoms with Crippen molar-refractivity contribution in [2.24, 2.45) is 0 Å². The van der Waals surface area contributed by atoms with Crippen LogP contribution in [0.15, 0.2) is 54.6 Å². The van der Waals surface area contributed by atoms with Gasteiger partial charge in [0.25, 0.3) is 5.91 Å². The van der Waals surface area contributed by atoms with Gasteiger partial charge in [-0.15, -0.1) is 0 Å². The molecule has 4 rings (SSSR count). The summed E-state index contributed by atoms with van der Waals surface area (Å²) in [5.74, 6) is -1.93. The SMILES string of the molecule is CC(C)n1c(CCCc2ccccc2)ccc1C(=O)Nc1cc(CC(=O)O)c(N2CC[C@H](O)C2)cc1C(F)(F)F. The van der Waals surface area contributed by atoms with Gasteiger partial charge in [-0.3, -0.25) is 9.59 Å². The zero-order valence-electron chi connectivity index (χ0n) is 22.5. The lowest BCUT2D eigenvalue weighted by Crippen LogP contribution is -2.25. The molecule has 1 atom stereocenters. The number of aryl methyl sites for hydroxylation is 2. The topological polar surface area (TPSA) is 94.8 Å². The fourth-order valence-electron chi connectivity index (χ4n) is 5.32. The molecule has 1 fully saturated rings. The van der Waals surface area contributed by atoms with Crippen LogP contribution in [-0.4, -0.2) is 45.9 Å². The van der Waals surface area contributed by atoms with E-state index in [-0.39, 0.29) is 29.5 Å². The van der Waals surface area contributed by atoms with Gasteiger partial charge in [-0.1, -0.05) is 30.3 Å². The van der Waals surface area contributed by atoms with Crippen molar-refractivity contribution in [2.75, 3.05) is 23.3 Å². The van der Waals surface area contributed by atoms with Crippen molar-refractivity contribution in [3.63, 3.8) is 0 Å². The summed E-state index contributed by atoms with van der Waals surface area (Å²) in [4.78, 5) is 26.5. The van der Waals surface area contributed by atoms with E-state index >= 15 is 0 Å². The average Bonchev–Trinajstić information content (AvgIpc) is 3.50. The number of amides is 1. The molecule has 40 heavy (non-hydrogen) atoms. The maximum atomic E-state index is 14.2. The van der Waals surface area contributed by atoms with Crippen LogP contribution in [0.1, 0.15) is 65.6 Å². The number of aromatic nitrogens is 1. The van der Waals surface area contributed by atoms with Gasteiger partial charge < -0.3 is 25.0 Å². The van der Waals surface area contributed by atoms with Gasteiger partial charge >= 0.3 is 12.1 Å². The summed E-state index contributed by atoms with van der Waals surface area (Å²) in [5.41, 5.74) is 0.982. The number of hydrogen-bond acceptors (Lipinski definition) is 4. The minimum atomic E-state index is -4.81. The summed E-state index contributed by atoms with van der Waals surface area (Å²) in [6, 6.07) is 15.3. The van der Waals surface area contributed by atoms with E-state index in [1.54, 1.807) is 11.0 Å². The minimum absolute atomic E-state index is 0.0931. The third-order valence-electron chi connectivity index (χ3n) is 7.11. The van der Waals surface area contributed by atoms with E-state index in [4.69, 9.17) is 0 Å². The molecule has 1 aromatic heterocycles. The van der Waals surface area contributed by atoms with Crippen LogP contribution >= 0.6 is 0 Å². The van der Waals surface area contributed by atoms with E-state index in [1.165, 1.54) is 5.56 Å². The first-order chi connectivity index (χ1) is 18.9. The summed E-state index contributed by atoms with van der Waals surface area (Å²) in [6.07, 6.45) is -3.30. The lowest BCUT2D eigenvalue weighted by Gasteiger charge is -2.25. The van der Waals surface area contributed by atoms with E-state index in [0.29, 0.717) is 19.4 Å². The Balaban J connectivity index is 1.63. The third kappa shape index (κ3) is 6.85. The highest BCUT2D eigenvalue weighted by molar-refractivity contribution is 6.04. The Bertz CT molecular complexity index is 1350. The zero-order valence-corrected chi connectivity index (χ0v) is 22.5. The first-order valence-corrected chi connectivity index (χ1v) is 13.4.